The molecule has 3 rings (SSSR count). The van der Waals surface area contributed by atoms with E-state index in [1.165, 1.54) is 51.0 Å². The minimum absolute atomic E-state index is 0.879. The topological polar surface area (TPSA) is 54.3 Å². The third-order valence-electron chi connectivity index (χ3n) is 5.11. The summed E-state index contributed by atoms with van der Waals surface area (Å²) in [5, 5.41) is 8.60. The summed E-state index contributed by atoms with van der Waals surface area (Å²) in [4.78, 5) is 11.8. The van der Waals surface area contributed by atoms with Crippen molar-refractivity contribution in [3.05, 3.63) is 23.8 Å². The quantitative estimate of drug-likeness (QED) is 0.473. The van der Waals surface area contributed by atoms with Crippen LogP contribution >= 0.6 is 0 Å². The Morgan fingerprint density at radius 3 is 2.33 bits per heavy atom. The van der Waals surface area contributed by atoms with Crippen LogP contribution in [0.3, 0.4) is 0 Å². The molecule has 0 aliphatic carbocycles. The monoisotopic (exact) mass is 331 g/mol. The molecule has 0 unspecified atom stereocenters. The molecule has 1 aromatic carbocycles. The van der Waals surface area contributed by atoms with Crippen LogP contribution < -0.4 is 10.4 Å². The second-order valence-corrected chi connectivity index (χ2v) is 6.74. The maximum atomic E-state index is 8.60. The smallest absolute Gasteiger partial charge is 0.113 e. The molecule has 1 aromatic rings. The molecule has 2 N–H and O–H groups in total. The third-order valence-corrected chi connectivity index (χ3v) is 5.11. The summed E-state index contributed by atoms with van der Waals surface area (Å²) in [6.07, 6.45) is 4.05. The van der Waals surface area contributed by atoms with Crippen LogP contribution in [-0.4, -0.2) is 73.7 Å². The molecule has 2 aliphatic rings. The van der Waals surface area contributed by atoms with Gasteiger partial charge in [-0.15, -0.1) is 0 Å². The highest BCUT2D eigenvalue weighted by atomic mass is 16.5. The first-order valence-electron chi connectivity index (χ1n) is 8.99. The Kier molecular flexibility index (Phi) is 6.07. The van der Waals surface area contributed by atoms with Gasteiger partial charge in [-0.3, -0.25) is 15.6 Å². The van der Waals surface area contributed by atoms with Crippen molar-refractivity contribution in [2.24, 2.45) is 4.99 Å². The number of hydrogen-bond acceptors (Lipinski definition) is 5. The zero-order valence-electron chi connectivity index (χ0n) is 14.6. The lowest BCUT2D eigenvalue weighted by Crippen LogP contribution is -2.48. The highest BCUT2D eigenvalue weighted by Crippen LogP contribution is 2.25. The van der Waals surface area contributed by atoms with Gasteiger partial charge in [0.2, 0.25) is 0 Å². The number of rotatable bonds is 6. The largest absolute Gasteiger partial charge is 0.369 e. The van der Waals surface area contributed by atoms with Crippen molar-refractivity contribution >= 4 is 17.7 Å². The van der Waals surface area contributed by atoms with Crippen molar-refractivity contribution in [2.45, 2.75) is 19.8 Å². The summed E-state index contributed by atoms with van der Waals surface area (Å²) in [7, 11) is 0. The van der Waals surface area contributed by atoms with Gasteiger partial charge in [-0.05, 0) is 56.6 Å². The fourth-order valence-corrected chi connectivity index (χ4v) is 3.60. The zero-order valence-corrected chi connectivity index (χ0v) is 14.6. The molecule has 2 heterocycles. The molecule has 6 nitrogen and oxygen atoms in total. The maximum Gasteiger partial charge on any atom is 0.113 e. The Labute approximate surface area is 144 Å². The van der Waals surface area contributed by atoms with Crippen molar-refractivity contribution < 1.29 is 5.21 Å². The van der Waals surface area contributed by atoms with Gasteiger partial charge in [0.25, 0.3) is 0 Å². The molecule has 0 bridgehead atoms. The molecule has 0 aromatic heterocycles. The zero-order chi connectivity index (χ0) is 16.8. The van der Waals surface area contributed by atoms with Crippen LogP contribution in [0.5, 0.6) is 0 Å². The van der Waals surface area contributed by atoms with Gasteiger partial charge < -0.3 is 9.80 Å². The standard InChI is InChI=1S/C18H29N5O/c1-16-14-17(4-5-18(16)19-15-20-24)23-12-10-22(11-13-23)9-8-21-6-2-3-7-21/h4-5,14-15,24H,2-3,6-13H2,1H3,(H,19,20). The number of piperazine rings is 1. The third kappa shape index (κ3) is 4.47. The van der Waals surface area contributed by atoms with E-state index in [4.69, 9.17) is 5.21 Å². The Bertz CT molecular complexity index is 548. The van der Waals surface area contributed by atoms with Gasteiger partial charge in [-0.2, -0.15) is 0 Å². The molecule has 6 heteroatoms. The second-order valence-electron chi connectivity index (χ2n) is 6.74. The van der Waals surface area contributed by atoms with Gasteiger partial charge in [0, 0.05) is 45.0 Å². The highest BCUT2D eigenvalue weighted by molar-refractivity contribution is 5.64. The van der Waals surface area contributed by atoms with Gasteiger partial charge >= 0.3 is 0 Å². The number of anilines is 1. The first-order valence-corrected chi connectivity index (χ1v) is 8.99. The van der Waals surface area contributed by atoms with E-state index in [-0.39, 0.29) is 0 Å². The summed E-state index contributed by atoms with van der Waals surface area (Å²) in [6, 6.07) is 6.32. The van der Waals surface area contributed by atoms with E-state index in [1.807, 2.05) is 11.5 Å². The number of aryl methyl sites for hydroxylation is 1. The number of benzene rings is 1. The summed E-state index contributed by atoms with van der Waals surface area (Å²) in [5.74, 6) is 0. The van der Waals surface area contributed by atoms with Crippen LogP contribution in [0, 0.1) is 6.92 Å². The Balaban J connectivity index is 1.49. The highest BCUT2D eigenvalue weighted by Gasteiger charge is 2.19. The summed E-state index contributed by atoms with van der Waals surface area (Å²) in [6.45, 7) is 11.5. The minimum atomic E-state index is 0.879. The molecule has 0 amide bonds. The van der Waals surface area contributed by atoms with Crippen molar-refractivity contribution in [2.75, 3.05) is 57.3 Å². The predicted molar refractivity (Wildman–Crippen MR) is 98.6 cm³/mol. The number of nitrogens with zero attached hydrogens (tertiary/aromatic N) is 4. The molecule has 0 saturated carbocycles. The van der Waals surface area contributed by atoms with Crippen LogP contribution in [-0.2, 0) is 0 Å². The molecule has 0 atom stereocenters. The summed E-state index contributed by atoms with van der Waals surface area (Å²) >= 11 is 0. The van der Waals surface area contributed by atoms with E-state index in [0.717, 1.165) is 37.4 Å². The van der Waals surface area contributed by atoms with Crippen molar-refractivity contribution in [1.82, 2.24) is 15.3 Å². The van der Waals surface area contributed by atoms with Gasteiger partial charge in [-0.1, -0.05) is 0 Å². The van der Waals surface area contributed by atoms with E-state index in [9.17, 15) is 0 Å². The fourth-order valence-electron chi connectivity index (χ4n) is 3.60. The summed E-state index contributed by atoms with van der Waals surface area (Å²) in [5.41, 5.74) is 5.21. The Morgan fingerprint density at radius 1 is 1.04 bits per heavy atom. The SMILES string of the molecule is Cc1cc(N2CCN(CCN3CCCC3)CC2)ccc1N=CNO. The average molecular weight is 331 g/mol. The number of aliphatic imine (C=N–C) groups is 1. The number of nitrogens with one attached hydrogen (secondary N) is 1. The number of hydrogen-bond donors (Lipinski definition) is 2. The fraction of sp³-hybridized carbons (Fsp3) is 0.611. The Hall–Kier alpha value is -1.63. The van der Waals surface area contributed by atoms with Crippen LogP contribution in [0.2, 0.25) is 0 Å². The van der Waals surface area contributed by atoms with E-state index in [0.29, 0.717) is 0 Å². The first-order chi connectivity index (χ1) is 11.8. The number of hydroxylamine groups is 1. The van der Waals surface area contributed by atoms with Gasteiger partial charge in [0.05, 0.1) is 5.69 Å². The maximum absolute atomic E-state index is 8.60. The van der Waals surface area contributed by atoms with Crippen LogP contribution in [0.25, 0.3) is 0 Å². The van der Waals surface area contributed by atoms with Gasteiger partial charge in [-0.25, -0.2) is 4.99 Å². The number of likely N-dealkylation sites (tertiary alicyclic amines) is 1. The minimum Gasteiger partial charge on any atom is -0.369 e. The Morgan fingerprint density at radius 2 is 1.71 bits per heavy atom. The van der Waals surface area contributed by atoms with Gasteiger partial charge in [0.1, 0.15) is 6.34 Å². The molecular weight excluding hydrogens is 302 g/mol. The van der Waals surface area contributed by atoms with E-state index < -0.39 is 0 Å². The van der Waals surface area contributed by atoms with Crippen molar-refractivity contribution in [3.8, 4) is 0 Å². The molecule has 2 fully saturated rings. The molecule has 0 radical (unpaired) electrons. The molecule has 2 saturated heterocycles. The van der Waals surface area contributed by atoms with Crippen LogP contribution in [0.15, 0.2) is 23.2 Å². The normalized spacial score (nSPS) is 20.2. The van der Waals surface area contributed by atoms with Crippen molar-refractivity contribution in [1.29, 1.82) is 0 Å². The van der Waals surface area contributed by atoms with E-state index in [2.05, 4.69) is 38.7 Å². The first kappa shape index (κ1) is 17.2. The molecule has 0 spiro atoms. The molecule has 2 aliphatic heterocycles. The average Bonchev–Trinajstić information content (AvgIpc) is 3.13. The molecular formula is C18H29N5O. The lowest BCUT2D eigenvalue weighted by molar-refractivity contribution is 0.215. The molecule has 132 valence electrons. The van der Waals surface area contributed by atoms with Gasteiger partial charge in [0.15, 0.2) is 0 Å². The van der Waals surface area contributed by atoms with E-state index in [1.54, 1.807) is 0 Å². The van der Waals surface area contributed by atoms with Crippen molar-refractivity contribution in [3.63, 3.8) is 0 Å². The molecule has 24 heavy (non-hydrogen) atoms. The predicted octanol–water partition coefficient (Wildman–Crippen LogP) is 1.85. The lowest BCUT2D eigenvalue weighted by Gasteiger charge is -2.37. The second kappa shape index (κ2) is 8.46. The van der Waals surface area contributed by atoms with Crippen LogP contribution in [0.1, 0.15) is 18.4 Å². The summed E-state index contributed by atoms with van der Waals surface area (Å²) < 4.78 is 0. The lowest BCUT2D eigenvalue weighted by atomic mass is 10.1. The van der Waals surface area contributed by atoms with E-state index >= 15 is 0 Å². The van der Waals surface area contributed by atoms with Crippen LogP contribution in [0.4, 0.5) is 11.4 Å².